The summed E-state index contributed by atoms with van der Waals surface area (Å²) in [6.07, 6.45) is 4.33. The first-order valence-corrected chi connectivity index (χ1v) is 6.56. The molecule has 1 fully saturated rings. The maximum atomic E-state index is 6.01. The number of likely N-dealkylation sites (N-methyl/N-ethyl adjacent to an activating group) is 1. The third-order valence-electron chi connectivity index (χ3n) is 3.38. The maximum Gasteiger partial charge on any atom is 0.228 e. The lowest BCUT2D eigenvalue weighted by Gasteiger charge is -2.30. The van der Waals surface area contributed by atoms with E-state index in [2.05, 4.69) is 27.5 Å². The molecule has 2 aromatic rings. The van der Waals surface area contributed by atoms with Gasteiger partial charge < -0.3 is 10.2 Å². The Balaban J connectivity index is 1.86. The number of fused-ring (bicyclic) bond motifs is 1. The van der Waals surface area contributed by atoms with Crippen molar-refractivity contribution in [3.05, 3.63) is 23.5 Å². The number of aromatic nitrogens is 3. The Labute approximate surface area is 111 Å². The molecule has 0 bridgehead atoms. The van der Waals surface area contributed by atoms with E-state index in [1.165, 1.54) is 13.0 Å². The molecule has 0 amide bonds. The van der Waals surface area contributed by atoms with E-state index in [4.69, 9.17) is 11.6 Å². The SMILES string of the molecule is CN1CCCC(Nc2nnc(Cl)c3cccn23)C1. The van der Waals surface area contributed by atoms with Crippen molar-refractivity contribution in [2.45, 2.75) is 18.9 Å². The van der Waals surface area contributed by atoms with Gasteiger partial charge in [0.05, 0.1) is 5.52 Å². The molecule has 0 aromatic carbocycles. The summed E-state index contributed by atoms with van der Waals surface area (Å²) in [6, 6.07) is 4.31. The summed E-state index contributed by atoms with van der Waals surface area (Å²) in [4.78, 5) is 2.33. The number of piperidine rings is 1. The summed E-state index contributed by atoms with van der Waals surface area (Å²) < 4.78 is 1.95. The van der Waals surface area contributed by atoms with Crippen LogP contribution in [0.3, 0.4) is 0 Å². The molecule has 96 valence electrons. The van der Waals surface area contributed by atoms with E-state index in [1.807, 2.05) is 22.7 Å². The van der Waals surface area contributed by atoms with Gasteiger partial charge in [-0.15, -0.1) is 10.2 Å². The summed E-state index contributed by atoms with van der Waals surface area (Å²) >= 11 is 6.01. The van der Waals surface area contributed by atoms with Gasteiger partial charge in [0.25, 0.3) is 0 Å². The zero-order valence-electron chi connectivity index (χ0n) is 10.3. The number of rotatable bonds is 2. The quantitative estimate of drug-likeness (QED) is 0.901. The lowest BCUT2D eigenvalue weighted by molar-refractivity contribution is 0.260. The molecule has 5 nitrogen and oxygen atoms in total. The second-order valence-electron chi connectivity index (χ2n) is 4.82. The Bertz CT molecular complexity index is 552. The molecule has 1 aliphatic heterocycles. The van der Waals surface area contributed by atoms with Gasteiger partial charge >= 0.3 is 0 Å². The zero-order chi connectivity index (χ0) is 12.5. The van der Waals surface area contributed by atoms with Gasteiger partial charge in [0, 0.05) is 18.8 Å². The Morgan fingerprint density at radius 1 is 1.44 bits per heavy atom. The minimum absolute atomic E-state index is 0.421. The maximum absolute atomic E-state index is 6.01. The number of anilines is 1. The van der Waals surface area contributed by atoms with Crippen LogP contribution in [-0.2, 0) is 0 Å². The Hall–Kier alpha value is -1.33. The fourth-order valence-electron chi connectivity index (χ4n) is 2.49. The average Bonchev–Trinajstić information content (AvgIpc) is 2.83. The van der Waals surface area contributed by atoms with Crippen LogP contribution in [0, 0.1) is 0 Å². The van der Waals surface area contributed by atoms with Crippen LogP contribution < -0.4 is 5.32 Å². The first-order chi connectivity index (χ1) is 8.74. The Morgan fingerprint density at radius 2 is 2.33 bits per heavy atom. The van der Waals surface area contributed by atoms with Gasteiger partial charge in [0.1, 0.15) is 0 Å². The molecule has 2 aromatic heterocycles. The molecule has 18 heavy (non-hydrogen) atoms. The van der Waals surface area contributed by atoms with Crippen molar-refractivity contribution < 1.29 is 0 Å². The molecule has 0 radical (unpaired) electrons. The van der Waals surface area contributed by atoms with Crippen molar-refractivity contribution in [3.8, 4) is 0 Å². The Morgan fingerprint density at radius 3 is 3.17 bits per heavy atom. The van der Waals surface area contributed by atoms with Gasteiger partial charge in [-0.3, -0.25) is 4.40 Å². The lowest BCUT2D eigenvalue weighted by Crippen LogP contribution is -2.40. The average molecular weight is 266 g/mol. The van der Waals surface area contributed by atoms with E-state index in [-0.39, 0.29) is 0 Å². The fraction of sp³-hybridized carbons (Fsp3) is 0.500. The molecule has 0 saturated carbocycles. The number of hydrogen-bond acceptors (Lipinski definition) is 4. The van der Waals surface area contributed by atoms with Crippen LogP contribution in [0.25, 0.3) is 5.52 Å². The van der Waals surface area contributed by atoms with Crippen molar-refractivity contribution in [2.24, 2.45) is 0 Å². The zero-order valence-corrected chi connectivity index (χ0v) is 11.1. The van der Waals surface area contributed by atoms with Crippen LogP contribution in [0.5, 0.6) is 0 Å². The topological polar surface area (TPSA) is 45.5 Å². The van der Waals surface area contributed by atoms with Crippen molar-refractivity contribution in [1.29, 1.82) is 0 Å². The summed E-state index contributed by atoms with van der Waals surface area (Å²) in [5, 5.41) is 12.0. The molecule has 3 rings (SSSR count). The lowest BCUT2D eigenvalue weighted by atomic mass is 10.1. The van der Waals surface area contributed by atoms with Crippen molar-refractivity contribution in [3.63, 3.8) is 0 Å². The Kier molecular flexibility index (Phi) is 3.09. The summed E-state index contributed by atoms with van der Waals surface area (Å²) in [5.74, 6) is 0.764. The highest BCUT2D eigenvalue weighted by atomic mass is 35.5. The van der Waals surface area contributed by atoms with Crippen LogP contribution in [-0.4, -0.2) is 45.7 Å². The van der Waals surface area contributed by atoms with Gasteiger partial charge in [-0.05, 0) is 38.6 Å². The third kappa shape index (κ3) is 2.15. The number of nitrogens with one attached hydrogen (secondary N) is 1. The van der Waals surface area contributed by atoms with Crippen LogP contribution >= 0.6 is 11.6 Å². The molecule has 1 unspecified atom stereocenters. The van der Waals surface area contributed by atoms with Crippen LogP contribution in [0.2, 0.25) is 5.15 Å². The first-order valence-electron chi connectivity index (χ1n) is 6.18. The van der Waals surface area contributed by atoms with Crippen LogP contribution in [0.15, 0.2) is 18.3 Å². The molecule has 1 N–H and O–H groups in total. The third-order valence-corrected chi connectivity index (χ3v) is 3.65. The van der Waals surface area contributed by atoms with Crippen LogP contribution in [0.1, 0.15) is 12.8 Å². The van der Waals surface area contributed by atoms with Gasteiger partial charge in [-0.2, -0.15) is 0 Å². The molecule has 1 aliphatic rings. The second-order valence-corrected chi connectivity index (χ2v) is 5.18. The number of halogens is 1. The first kappa shape index (κ1) is 11.7. The molecule has 0 spiro atoms. The highest BCUT2D eigenvalue weighted by Gasteiger charge is 2.18. The fourth-order valence-corrected chi connectivity index (χ4v) is 2.68. The van der Waals surface area contributed by atoms with Gasteiger partial charge in [-0.1, -0.05) is 11.6 Å². The van der Waals surface area contributed by atoms with Crippen molar-refractivity contribution >= 4 is 23.1 Å². The van der Waals surface area contributed by atoms with Gasteiger partial charge in [-0.25, -0.2) is 0 Å². The molecular weight excluding hydrogens is 250 g/mol. The number of hydrogen-bond donors (Lipinski definition) is 1. The van der Waals surface area contributed by atoms with E-state index in [0.29, 0.717) is 11.2 Å². The highest BCUT2D eigenvalue weighted by Crippen LogP contribution is 2.19. The van der Waals surface area contributed by atoms with Crippen LogP contribution in [0.4, 0.5) is 5.95 Å². The van der Waals surface area contributed by atoms with E-state index < -0.39 is 0 Å². The monoisotopic (exact) mass is 265 g/mol. The minimum Gasteiger partial charge on any atom is -0.350 e. The minimum atomic E-state index is 0.421. The van der Waals surface area contributed by atoms with Crippen molar-refractivity contribution in [1.82, 2.24) is 19.5 Å². The molecule has 0 aliphatic carbocycles. The molecule has 6 heteroatoms. The van der Waals surface area contributed by atoms with E-state index in [1.54, 1.807) is 0 Å². The van der Waals surface area contributed by atoms with E-state index in [9.17, 15) is 0 Å². The van der Waals surface area contributed by atoms with Gasteiger partial charge in [0.2, 0.25) is 5.95 Å². The van der Waals surface area contributed by atoms with Crippen molar-refractivity contribution in [2.75, 3.05) is 25.5 Å². The largest absolute Gasteiger partial charge is 0.350 e. The summed E-state index contributed by atoms with van der Waals surface area (Å²) in [5.41, 5.74) is 0.887. The molecular formula is C12H16ClN5. The standard InChI is InChI=1S/C12H16ClN5/c1-17-6-2-4-9(8-17)14-12-16-15-11(13)10-5-3-7-18(10)12/h3,5,7,9H,2,4,6,8H2,1H3,(H,14,16). The predicted molar refractivity (Wildman–Crippen MR) is 72.1 cm³/mol. The number of likely N-dealkylation sites (tertiary alicyclic amines) is 1. The summed E-state index contributed by atoms with van der Waals surface area (Å²) in [6.45, 7) is 2.20. The molecule has 3 heterocycles. The summed E-state index contributed by atoms with van der Waals surface area (Å²) in [7, 11) is 2.15. The highest BCUT2D eigenvalue weighted by molar-refractivity contribution is 6.32. The second kappa shape index (κ2) is 4.74. The number of nitrogens with zero attached hydrogens (tertiary/aromatic N) is 4. The molecule has 1 saturated heterocycles. The smallest absolute Gasteiger partial charge is 0.228 e. The normalized spacial score (nSPS) is 21.3. The van der Waals surface area contributed by atoms with E-state index in [0.717, 1.165) is 24.4 Å². The van der Waals surface area contributed by atoms with Gasteiger partial charge in [0.15, 0.2) is 5.15 Å². The predicted octanol–water partition coefficient (Wildman–Crippen LogP) is 1.89. The van der Waals surface area contributed by atoms with E-state index >= 15 is 0 Å². The molecule has 1 atom stereocenters.